The van der Waals surface area contributed by atoms with Crippen molar-refractivity contribution < 1.29 is 9.59 Å². The molecule has 0 spiro atoms. The van der Waals surface area contributed by atoms with Crippen LogP contribution in [-0.4, -0.2) is 41.2 Å². The molecule has 126 valence electrons. The quantitative estimate of drug-likeness (QED) is 0.766. The number of benzene rings is 1. The van der Waals surface area contributed by atoms with Crippen LogP contribution in [0, 0.1) is 5.92 Å². The van der Waals surface area contributed by atoms with Gasteiger partial charge in [-0.05, 0) is 24.5 Å². The molecule has 1 aromatic carbocycles. The normalized spacial score (nSPS) is 17.6. The molecule has 4 nitrogen and oxygen atoms in total. The number of hydrogen-bond acceptors (Lipinski definition) is 2. The second-order valence-corrected chi connectivity index (χ2v) is 6.50. The summed E-state index contributed by atoms with van der Waals surface area (Å²) in [5.74, 6) is -0.0667. The highest BCUT2D eigenvalue weighted by atomic mass is 35.5. The van der Waals surface area contributed by atoms with Crippen molar-refractivity contribution in [1.82, 2.24) is 9.80 Å². The van der Waals surface area contributed by atoms with E-state index in [2.05, 4.69) is 13.8 Å². The first kappa shape index (κ1) is 17.8. The van der Waals surface area contributed by atoms with E-state index in [1.54, 1.807) is 4.90 Å². The Kier molecular flexibility index (Phi) is 6.46. The molecule has 2 amide bonds. The molecule has 1 aliphatic rings. The van der Waals surface area contributed by atoms with Crippen LogP contribution in [0.15, 0.2) is 24.3 Å². The SMILES string of the molecule is CCCN(CCC)C(=O)C1CC(=O)N(Cc2ccccc2Cl)C1. The monoisotopic (exact) mass is 336 g/mol. The van der Waals surface area contributed by atoms with Gasteiger partial charge in [-0.1, -0.05) is 43.6 Å². The molecule has 1 unspecified atom stereocenters. The van der Waals surface area contributed by atoms with Crippen molar-refractivity contribution >= 4 is 23.4 Å². The zero-order chi connectivity index (χ0) is 16.8. The van der Waals surface area contributed by atoms with E-state index in [-0.39, 0.29) is 17.7 Å². The van der Waals surface area contributed by atoms with E-state index in [1.807, 2.05) is 29.2 Å². The highest BCUT2D eigenvalue weighted by Gasteiger charge is 2.36. The molecule has 1 heterocycles. The predicted octanol–water partition coefficient (Wildman–Crippen LogP) is 3.34. The Labute approximate surface area is 143 Å². The second kappa shape index (κ2) is 8.34. The summed E-state index contributed by atoms with van der Waals surface area (Å²) in [4.78, 5) is 28.6. The molecule has 23 heavy (non-hydrogen) atoms. The van der Waals surface area contributed by atoms with Gasteiger partial charge >= 0.3 is 0 Å². The maximum Gasteiger partial charge on any atom is 0.227 e. The lowest BCUT2D eigenvalue weighted by atomic mass is 10.1. The van der Waals surface area contributed by atoms with Crippen LogP contribution in [0.5, 0.6) is 0 Å². The summed E-state index contributed by atoms with van der Waals surface area (Å²) in [6, 6.07) is 7.53. The van der Waals surface area contributed by atoms with Gasteiger partial charge in [0.15, 0.2) is 0 Å². The van der Waals surface area contributed by atoms with Crippen LogP contribution in [0.3, 0.4) is 0 Å². The second-order valence-electron chi connectivity index (χ2n) is 6.09. The van der Waals surface area contributed by atoms with E-state index >= 15 is 0 Å². The average molecular weight is 337 g/mol. The fourth-order valence-electron chi connectivity index (χ4n) is 3.05. The van der Waals surface area contributed by atoms with Crippen molar-refractivity contribution in [3.8, 4) is 0 Å². The fraction of sp³-hybridized carbons (Fsp3) is 0.556. The summed E-state index contributed by atoms with van der Waals surface area (Å²) < 4.78 is 0. The van der Waals surface area contributed by atoms with Gasteiger partial charge in [-0.15, -0.1) is 0 Å². The van der Waals surface area contributed by atoms with E-state index in [4.69, 9.17) is 11.6 Å². The first-order chi connectivity index (χ1) is 11.1. The molecule has 0 aromatic heterocycles. The summed E-state index contributed by atoms with van der Waals surface area (Å²) in [5, 5.41) is 0.661. The highest BCUT2D eigenvalue weighted by Crippen LogP contribution is 2.25. The first-order valence-corrected chi connectivity index (χ1v) is 8.74. The van der Waals surface area contributed by atoms with Crippen molar-refractivity contribution in [2.45, 2.75) is 39.7 Å². The van der Waals surface area contributed by atoms with Gasteiger partial charge in [0.1, 0.15) is 0 Å². The molecule has 0 radical (unpaired) electrons. The Hall–Kier alpha value is -1.55. The minimum Gasteiger partial charge on any atom is -0.342 e. The lowest BCUT2D eigenvalue weighted by Crippen LogP contribution is -2.38. The number of hydrogen-bond donors (Lipinski definition) is 0. The van der Waals surface area contributed by atoms with Crippen LogP contribution in [0.1, 0.15) is 38.7 Å². The van der Waals surface area contributed by atoms with Crippen LogP contribution < -0.4 is 0 Å². The number of amides is 2. The summed E-state index contributed by atoms with van der Waals surface area (Å²) in [7, 11) is 0. The van der Waals surface area contributed by atoms with Crippen molar-refractivity contribution in [2.24, 2.45) is 5.92 Å². The third-order valence-electron chi connectivity index (χ3n) is 4.18. The maximum absolute atomic E-state index is 12.7. The van der Waals surface area contributed by atoms with Gasteiger partial charge in [-0.2, -0.15) is 0 Å². The van der Waals surface area contributed by atoms with Crippen LogP contribution >= 0.6 is 11.6 Å². The molecule has 1 aromatic rings. The summed E-state index contributed by atoms with van der Waals surface area (Å²) in [5.41, 5.74) is 0.926. The van der Waals surface area contributed by atoms with Gasteiger partial charge in [0.2, 0.25) is 11.8 Å². The third kappa shape index (κ3) is 4.47. The predicted molar refractivity (Wildman–Crippen MR) is 92.1 cm³/mol. The molecule has 1 atom stereocenters. The molecule has 1 aliphatic heterocycles. The summed E-state index contributed by atoms with van der Waals surface area (Å²) in [6.07, 6.45) is 2.19. The van der Waals surface area contributed by atoms with Crippen molar-refractivity contribution in [2.75, 3.05) is 19.6 Å². The summed E-state index contributed by atoms with van der Waals surface area (Å²) in [6.45, 7) is 6.64. The Balaban J connectivity index is 2.01. The van der Waals surface area contributed by atoms with E-state index in [0.717, 1.165) is 31.5 Å². The van der Waals surface area contributed by atoms with Gasteiger partial charge in [0.05, 0.1) is 5.92 Å². The lowest BCUT2D eigenvalue weighted by molar-refractivity contribution is -0.136. The largest absolute Gasteiger partial charge is 0.342 e. The van der Waals surface area contributed by atoms with Crippen LogP contribution in [0.4, 0.5) is 0 Å². The van der Waals surface area contributed by atoms with Gasteiger partial charge in [0.25, 0.3) is 0 Å². The number of carbonyl (C=O) groups excluding carboxylic acids is 2. The van der Waals surface area contributed by atoms with E-state index in [1.165, 1.54) is 0 Å². The minimum atomic E-state index is -0.219. The van der Waals surface area contributed by atoms with Crippen LogP contribution in [-0.2, 0) is 16.1 Å². The Morgan fingerprint density at radius 3 is 2.52 bits per heavy atom. The highest BCUT2D eigenvalue weighted by molar-refractivity contribution is 6.31. The van der Waals surface area contributed by atoms with Crippen molar-refractivity contribution in [1.29, 1.82) is 0 Å². The van der Waals surface area contributed by atoms with Crippen LogP contribution in [0.2, 0.25) is 5.02 Å². The standard InChI is InChI=1S/C18H25ClN2O2/c1-3-9-20(10-4-2)18(23)15-11-17(22)21(13-15)12-14-7-5-6-8-16(14)19/h5-8,15H,3-4,9-13H2,1-2H3. The third-order valence-corrected chi connectivity index (χ3v) is 4.55. The Morgan fingerprint density at radius 2 is 1.91 bits per heavy atom. The first-order valence-electron chi connectivity index (χ1n) is 8.36. The van der Waals surface area contributed by atoms with Crippen molar-refractivity contribution in [3.63, 3.8) is 0 Å². The molecular weight excluding hydrogens is 312 g/mol. The zero-order valence-electron chi connectivity index (χ0n) is 13.9. The lowest BCUT2D eigenvalue weighted by Gasteiger charge is -2.25. The van der Waals surface area contributed by atoms with E-state index < -0.39 is 0 Å². The molecule has 0 bridgehead atoms. The van der Waals surface area contributed by atoms with Crippen LogP contribution in [0.25, 0.3) is 0 Å². The molecule has 1 fully saturated rings. The summed E-state index contributed by atoms with van der Waals surface area (Å²) >= 11 is 6.17. The van der Waals surface area contributed by atoms with Gasteiger partial charge < -0.3 is 9.80 Å². The van der Waals surface area contributed by atoms with Crippen molar-refractivity contribution in [3.05, 3.63) is 34.9 Å². The van der Waals surface area contributed by atoms with Gasteiger partial charge in [-0.25, -0.2) is 0 Å². The number of halogens is 1. The Bertz CT molecular complexity index is 556. The number of carbonyl (C=O) groups is 2. The smallest absolute Gasteiger partial charge is 0.227 e. The molecule has 5 heteroatoms. The van der Waals surface area contributed by atoms with E-state index in [9.17, 15) is 9.59 Å². The van der Waals surface area contributed by atoms with Gasteiger partial charge in [-0.3, -0.25) is 9.59 Å². The molecule has 1 saturated heterocycles. The number of rotatable bonds is 7. The average Bonchev–Trinajstić information content (AvgIpc) is 2.90. The number of likely N-dealkylation sites (tertiary alicyclic amines) is 1. The zero-order valence-corrected chi connectivity index (χ0v) is 14.7. The number of nitrogens with zero attached hydrogens (tertiary/aromatic N) is 2. The molecule has 0 saturated carbocycles. The molecule has 0 N–H and O–H groups in total. The Morgan fingerprint density at radius 1 is 1.26 bits per heavy atom. The topological polar surface area (TPSA) is 40.6 Å². The van der Waals surface area contributed by atoms with Gasteiger partial charge in [0, 0.05) is 37.6 Å². The fourth-order valence-corrected chi connectivity index (χ4v) is 3.25. The molecular formula is C18H25ClN2O2. The molecule has 0 aliphatic carbocycles. The van der Waals surface area contributed by atoms with E-state index in [0.29, 0.717) is 24.5 Å². The maximum atomic E-state index is 12.7. The molecule has 2 rings (SSSR count). The minimum absolute atomic E-state index is 0.0382.